The third-order valence-electron chi connectivity index (χ3n) is 4.92. The smallest absolute Gasteiger partial charge is 0.331 e. The van der Waals surface area contributed by atoms with Crippen molar-refractivity contribution in [3.05, 3.63) is 77.6 Å². The lowest BCUT2D eigenvalue weighted by atomic mass is 9.92. The molecular formula is C21H19N3O4. The van der Waals surface area contributed by atoms with Gasteiger partial charge < -0.3 is 14.7 Å². The van der Waals surface area contributed by atoms with E-state index in [-0.39, 0.29) is 5.69 Å². The van der Waals surface area contributed by atoms with Crippen molar-refractivity contribution >= 4 is 11.9 Å². The lowest BCUT2D eigenvalue weighted by molar-refractivity contribution is -0.143. The number of benzene rings is 2. The Kier molecular flexibility index (Phi) is 4.57. The lowest BCUT2D eigenvalue weighted by Crippen LogP contribution is -2.43. The fourth-order valence-corrected chi connectivity index (χ4v) is 3.52. The molecule has 142 valence electrons. The molecule has 1 unspecified atom stereocenters. The molecule has 28 heavy (non-hydrogen) atoms. The number of aliphatic carboxylic acids is 1. The van der Waals surface area contributed by atoms with Gasteiger partial charge in [0.1, 0.15) is 5.75 Å². The molecule has 4 rings (SSSR count). The number of carboxylic acid groups (broad SMARTS) is 1. The van der Waals surface area contributed by atoms with Crippen LogP contribution in [0.4, 0.5) is 0 Å². The van der Waals surface area contributed by atoms with E-state index in [1.54, 1.807) is 48.3 Å². The van der Waals surface area contributed by atoms with Gasteiger partial charge >= 0.3 is 5.97 Å². The first-order valence-corrected chi connectivity index (χ1v) is 8.90. The molecule has 1 aliphatic rings. The van der Waals surface area contributed by atoms with Gasteiger partial charge in [-0.05, 0) is 47.9 Å². The van der Waals surface area contributed by atoms with E-state index < -0.39 is 17.9 Å². The summed E-state index contributed by atoms with van der Waals surface area (Å²) >= 11 is 0. The van der Waals surface area contributed by atoms with E-state index in [0.29, 0.717) is 18.5 Å². The van der Waals surface area contributed by atoms with E-state index in [4.69, 9.17) is 4.74 Å². The molecule has 7 nitrogen and oxygen atoms in total. The van der Waals surface area contributed by atoms with Crippen LogP contribution < -0.4 is 4.74 Å². The molecule has 0 spiro atoms. The molecule has 3 aromatic rings. The molecular weight excluding hydrogens is 358 g/mol. The van der Waals surface area contributed by atoms with Gasteiger partial charge in [-0.25, -0.2) is 9.48 Å². The van der Waals surface area contributed by atoms with Gasteiger partial charge in [0.05, 0.1) is 12.8 Å². The number of carbonyl (C=O) groups excluding carboxylic acids is 1. The normalized spacial score (nSPS) is 15.8. The standard InChI is InChI=1S/C21H19N3O4/c1-28-16-8-6-15(7-9-16)24-13-11-18(22-24)20(25)23-12-10-14-4-2-3-5-17(14)19(23)21(26)27/h2-9,11,13,19H,10,12H2,1H3,(H,26,27). The van der Waals surface area contributed by atoms with E-state index in [9.17, 15) is 14.7 Å². The third-order valence-corrected chi connectivity index (χ3v) is 4.92. The van der Waals surface area contributed by atoms with Crippen molar-refractivity contribution in [2.24, 2.45) is 0 Å². The van der Waals surface area contributed by atoms with E-state index in [2.05, 4.69) is 5.10 Å². The second-order valence-electron chi connectivity index (χ2n) is 6.53. The molecule has 1 aliphatic heterocycles. The summed E-state index contributed by atoms with van der Waals surface area (Å²) in [6.45, 7) is 0.336. The molecule has 1 atom stereocenters. The molecule has 2 heterocycles. The highest BCUT2D eigenvalue weighted by Crippen LogP contribution is 2.31. The Balaban J connectivity index is 1.62. The second kappa shape index (κ2) is 7.19. The number of carbonyl (C=O) groups is 2. The molecule has 7 heteroatoms. The van der Waals surface area contributed by atoms with Crippen LogP contribution in [-0.4, -0.2) is 45.3 Å². The highest BCUT2D eigenvalue weighted by atomic mass is 16.5. The fraction of sp³-hybridized carbons (Fsp3) is 0.190. The van der Waals surface area contributed by atoms with Gasteiger partial charge in [-0.3, -0.25) is 4.79 Å². The van der Waals surface area contributed by atoms with Crippen molar-refractivity contribution < 1.29 is 19.4 Å². The Morgan fingerprint density at radius 1 is 1.11 bits per heavy atom. The zero-order valence-electron chi connectivity index (χ0n) is 15.3. The van der Waals surface area contributed by atoms with Crippen molar-refractivity contribution in [2.45, 2.75) is 12.5 Å². The fourth-order valence-electron chi connectivity index (χ4n) is 3.52. The number of rotatable bonds is 4. The average molecular weight is 377 g/mol. The number of amides is 1. The van der Waals surface area contributed by atoms with Crippen LogP contribution in [0.15, 0.2) is 60.8 Å². The number of hydrogen-bond donors (Lipinski definition) is 1. The lowest BCUT2D eigenvalue weighted by Gasteiger charge is -2.34. The van der Waals surface area contributed by atoms with Gasteiger partial charge in [0.2, 0.25) is 0 Å². The summed E-state index contributed by atoms with van der Waals surface area (Å²) < 4.78 is 6.73. The largest absolute Gasteiger partial charge is 0.497 e. The maximum atomic E-state index is 13.0. The number of aromatic nitrogens is 2. The van der Waals surface area contributed by atoms with E-state index in [0.717, 1.165) is 17.0 Å². The van der Waals surface area contributed by atoms with Gasteiger partial charge in [-0.1, -0.05) is 24.3 Å². The maximum Gasteiger partial charge on any atom is 0.331 e. The van der Waals surface area contributed by atoms with Crippen LogP contribution in [0.3, 0.4) is 0 Å². The molecule has 0 saturated carbocycles. The van der Waals surface area contributed by atoms with E-state index in [1.807, 2.05) is 24.3 Å². The first kappa shape index (κ1) is 17.8. The average Bonchev–Trinajstić information content (AvgIpc) is 3.22. The molecule has 0 saturated heterocycles. The first-order chi connectivity index (χ1) is 13.6. The number of carboxylic acids is 1. The molecule has 0 radical (unpaired) electrons. The number of ether oxygens (including phenoxy) is 1. The monoisotopic (exact) mass is 377 g/mol. The maximum absolute atomic E-state index is 13.0. The Bertz CT molecular complexity index is 1030. The summed E-state index contributed by atoms with van der Waals surface area (Å²) in [6, 6.07) is 15.2. The molecule has 1 aromatic heterocycles. The predicted octanol–water partition coefficient (Wildman–Crippen LogP) is 2.71. The van der Waals surface area contributed by atoms with Crippen LogP contribution in [0.25, 0.3) is 5.69 Å². The van der Waals surface area contributed by atoms with Crippen LogP contribution in [-0.2, 0) is 11.2 Å². The zero-order chi connectivity index (χ0) is 19.7. The van der Waals surface area contributed by atoms with Gasteiger partial charge in [-0.15, -0.1) is 0 Å². The molecule has 0 bridgehead atoms. The summed E-state index contributed by atoms with van der Waals surface area (Å²) in [7, 11) is 1.59. The highest BCUT2D eigenvalue weighted by molar-refractivity contribution is 5.95. The van der Waals surface area contributed by atoms with Crippen LogP contribution in [0.2, 0.25) is 0 Å². The summed E-state index contributed by atoms with van der Waals surface area (Å²) in [5.74, 6) is -0.715. The molecule has 1 N–H and O–H groups in total. The molecule has 1 amide bonds. The number of methoxy groups -OCH3 is 1. The summed E-state index contributed by atoms with van der Waals surface area (Å²) in [5.41, 5.74) is 2.60. The Hall–Kier alpha value is -3.61. The summed E-state index contributed by atoms with van der Waals surface area (Å²) in [6.07, 6.45) is 2.30. The van der Waals surface area contributed by atoms with Gasteiger partial charge in [0, 0.05) is 12.7 Å². The summed E-state index contributed by atoms with van der Waals surface area (Å²) in [5, 5.41) is 14.1. The first-order valence-electron chi connectivity index (χ1n) is 8.90. The quantitative estimate of drug-likeness (QED) is 0.756. The van der Waals surface area contributed by atoms with Gasteiger partial charge in [0.15, 0.2) is 11.7 Å². The van der Waals surface area contributed by atoms with Gasteiger partial charge in [0.25, 0.3) is 5.91 Å². The van der Waals surface area contributed by atoms with Crippen molar-refractivity contribution in [3.63, 3.8) is 0 Å². The predicted molar refractivity (Wildman–Crippen MR) is 102 cm³/mol. The van der Waals surface area contributed by atoms with Crippen molar-refractivity contribution in [1.82, 2.24) is 14.7 Å². The topological polar surface area (TPSA) is 84.7 Å². The minimum Gasteiger partial charge on any atom is -0.497 e. The van der Waals surface area contributed by atoms with Crippen LogP contribution in [0, 0.1) is 0 Å². The van der Waals surface area contributed by atoms with Crippen molar-refractivity contribution in [1.29, 1.82) is 0 Å². The highest BCUT2D eigenvalue weighted by Gasteiger charge is 2.36. The van der Waals surface area contributed by atoms with Crippen LogP contribution in [0.1, 0.15) is 27.7 Å². The molecule has 0 fully saturated rings. The van der Waals surface area contributed by atoms with Crippen molar-refractivity contribution in [2.75, 3.05) is 13.7 Å². The SMILES string of the molecule is COc1ccc(-n2ccc(C(=O)N3CCc4ccccc4C3C(=O)O)n2)cc1. The Labute approximate surface area is 161 Å². The minimum absolute atomic E-state index is 0.210. The number of hydrogen-bond acceptors (Lipinski definition) is 4. The summed E-state index contributed by atoms with van der Waals surface area (Å²) in [4.78, 5) is 26.3. The van der Waals surface area contributed by atoms with E-state index in [1.165, 1.54) is 4.90 Å². The van der Waals surface area contributed by atoms with Crippen LogP contribution >= 0.6 is 0 Å². The van der Waals surface area contributed by atoms with Gasteiger partial charge in [-0.2, -0.15) is 5.10 Å². The second-order valence-corrected chi connectivity index (χ2v) is 6.53. The molecule has 2 aromatic carbocycles. The zero-order valence-corrected chi connectivity index (χ0v) is 15.3. The number of fused-ring (bicyclic) bond motifs is 1. The van der Waals surface area contributed by atoms with E-state index >= 15 is 0 Å². The Morgan fingerprint density at radius 2 is 1.86 bits per heavy atom. The Morgan fingerprint density at radius 3 is 2.57 bits per heavy atom. The minimum atomic E-state index is -1.05. The number of nitrogens with zero attached hydrogens (tertiary/aromatic N) is 3. The van der Waals surface area contributed by atoms with Crippen LogP contribution in [0.5, 0.6) is 5.75 Å². The third kappa shape index (κ3) is 3.11. The van der Waals surface area contributed by atoms with Crippen molar-refractivity contribution in [3.8, 4) is 11.4 Å². The molecule has 0 aliphatic carbocycles.